The minimum Gasteiger partial charge on any atom is -0.360 e. The van der Waals surface area contributed by atoms with Gasteiger partial charge < -0.3 is 4.74 Å². The summed E-state index contributed by atoms with van der Waals surface area (Å²) in [4.78, 5) is 0.256. The molecule has 0 saturated heterocycles. The maximum Gasteiger partial charge on any atom is 0.268 e. The van der Waals surface area contributed by atoms with E-state index in [9.17, 15) is 8.42 Å². The molecule has 0 atom stereocenters. The van der Waals surface area contributed by atoms with E-state index >= 15 is 0 Å². The van der Waals surface area contributed by atoms with Crippen LogP contribution in [0.2, 0.25) is 25.7 Å². The Morgan fingerprint density at radius 2 is 1.79 bits per heavy atom. The van der Waals surface area contributed by atoms with E-state index in [-0.39, 0.29) is 4.90 Å². The smallest absolute Gasteiger partial charge is 0.268 e. The number of rotatable bonds is 8. The first kappa shape index (κ1) is 23.9. The van der Waals surface area contributed by atoms with Crippen LogP contribution in [0.15, 0.2) is 70.4 Å². The van der Waals surface area contributed by atoms with Gasteiger partial charge in [-0.2, -0.15) is 5.10 Å². The van der Waals surface area contributed by atoms with Crippen LogP contribution in [0.4, 0.5) is 0 Å². The van der Waals surface area contributed by atoms with Crippen LogP contribution in [0.25, 0.3) is 22.0 Å². The summed E-state index contributed by atoms with van der Waals surface area (Å²) >= 11 is 3.52. The SMILES string of the molecule is Cc1ccc(S(=O)(=O)n2cc(-c3cnn(COCC[Si](C)(C)C)c3)c3cc(Br)ccc32)cc1. The van der Waals surface area contributed by atoms with Gasteiger partial charge in [-0.3, -0.25) is 0 Å². The Bertz CT molecular complexity index is 1390. The van der Waals surface area contributed by atoms with Crippen LogP contribution < -0.4 is 0 Å². The molecule has 2 heterocycles. The number of hydrogen-bond acceptors (Lipinski definition) is 4. The molecule has 0 saturated carbocycles. The van der Waals surface area contributed by atoms with E-state index in [1.54, 1.807) is 29.2 Å². The molecule has 4 aromatic rings. The van der Waals surface area contributed by atoms with Crippen LogP contribution in [-0.4, -0.2) is 36.9 Å². The topological polar surface area (TPSA) is 66.1 Å². The second-order valence-electron chi connectivity index (χ2n) is 9.43. The van der Waals surface area contributed by atoms with E-state index in [0.717, 1.165) is 32.6 Å². The third kappa shape index (κ3) is 5.32. The number of halogens is 1. The van der Waals surface area contributed by atoms with Crippen LogP contribution in [-0.2, 0) is 21.5 Å². The van der Waals surface area contributed by atoms with Crippen LogP contribution in [0.3, 0.4) is 0 Å². The standard InChI is InChI=1S/C24H28BrN3O3SSi/c1-18-5-8-21(9-6-18)32(29,30)28-16-23(22-13-20(25)7-10-24(22)28)19-14-26-27(15-19)17-31-11-12-33(2,3)4/h5-10,13-16H,11-12,17H2,1-4H3. The number of hydrogen-bond donors (Lipinski definition) is 0. The summed E-state index contributed by atoms with van der Waals surface area (Å²) in [5.41, 5.74) is 3.27. The first-order chi connectivity index (χ1) is 15.5. The quantitative estimate of drug-likeness (QED) is 0.197. The number of aryl methyl sites for hydroxylation is 1. The zero-order valence-corrected chi connectivity index (χ0v) is 22.6. The molecule has 0 spiro atoms. The van der Waals surface area contributed by atoms with Crippen molar-refractivity contribution in [1.82, 2.24) is 13.8 Å². The molecule has 0 aliphatic carbocycles. The number of aromatic nitrogens is 3. The number of fused-ring (bicyclic) bond motifs is 1. The van der Waals surface area contributed by atoms with Gasteiger partial charge in [-0.15, -0.1) is 0 Å². The van der Waals surface area contributed by atoms with Gasteiger partial charge in [0.1, 0.15) is 6.73 Å². The summed E-state index contributed by atoms with van der Waals surface area (Å²) in [5, 5.41) is 5.26. The Morgan fingerprint density at radius 3 is 2.48 bits per heavy atom. The maximum atomic E-state index is 13.5. The molecule has 9 heteroatoms. The number of ether oxygens (including phenoxy) is 1. The second-order valence-corrected chi connectivity index (χ2v) is 17.8. The highest BCUT2D eigenvalue weighted by atomic mass is 79.9. The summed E-state index contributed by atoms with van der Waals surface area (Å²) in [7, 11) is -4.90. The molecular weight excluding hydrogens is 518 g/mol. The second kappa shape index (κ2) is 9.21. The molecule has 6 nitrogen and oxygen atoms in total. The fourth-order valence-electron chi connectivity index (χ4n) is 3.53. The Morgan fingerprint density at radius 1 is 1.06 bits per heavy atom. The highest BCUT2D eigenvalue weighted by Crippen LogP contribution is 2.34. The maximum absolute atomic E-state index is 13.5. The molecular formula is C24H28BrN3O3SSi. The van der Waals surface area contributed by atoms with Gasteiger partial charge in [-0.1, -0.05) is 53.3 Å². The van der Waals surface area contributed by atoms with Gasteiger partial charge in [0.25, 0.3) is 10.0 Å². The van der Waals surface area contributed by atoms with E-state index in [2.05, 4.69) is 40.7 Å². The average Bonchev–Trinajstić information content (AvgIpc) is 3.35. The third-order valence-corrected chi connectivity index (χ3v) is 9.36. The monoisotopic (exact) mass is 545 g/mol. The highest BCUT2D eigenvalue weighted by Gasteiger charge is 2.22. The fourth-order valence-corrected chi connectivity index (χ4v) is 6.02. The van der Waals surface area contributed by atoms with Gasteiger partial charge in [0.15, 0.2) is 0 Å². The molecule has 0 unspecified atom stereocenters. The van der Waals surface area contributed by atoms with Crippen molar-refractivity contribution >= 4 is 44.9 Å². The van der Waals surface area contributed by atoms with Gasteiger partial charge in [0, 0.05) is 48.1 Å². The van der Waals surface area contributed by atoms with Crippen molar-refractivity contribution in [2.75, 3.05) is 6.61 Å². The van der Waals surface area contributed by atoms with E-state index in [4.69, 9.17) is 4.74 Å². The third-order valence-electron chi connectivity index (χ3n) is 5.47. The van der Waals surface area contributed by atoms with Crippen molar-refractivity contribution in [2.45, 2.75) is 44.2 Å². The molecule has 174 valence electrons. The normalized spacial score (nSPS) is 12.5. The van der Waals surface area contributed by atoms with Crippen LogP contribution in [0.1, 0.15) is 5.56 Å². The van der Waals surface area contributed by atoms with Crippen molar-refractivity contribution in [3.63, 3.8) is 0 Å². The molecule has 0 fully saturated rings. The van der Waals surface area contributed by atoms with E-state index in [1.165, 1.54) is 3.97 Å². The Labute approximate surface area is 204 Å². The summed E-state index contributed by atoms with van der Waals surface area (Å²) in [6, 6.07) is 13.6. The summed E-state index contributed by atoms with van der Waals surface area (Å²) in [5.74, 6) is 0. The van der Waals surface area contributed by atoms with Crippen molar-refractivity contribution in [3.8, 4) is 11.1 Å². The number of nitrogens with zero attached hydrogens (tertiary/aromatic N) is 3. The molecule has 33 heavy (non-hydrogen) atoms. The molecule has 2 aromatic carbocycles. The first-order valence-electron chi connectivity index (χ1n) is 10.8. The van der Waals surface area contributed by atoms with Gasteiger partial charge in [-0.05, 0) is 43.3 Å². The summed E-state index contributed by atoms with van der Waals surface area (Å²) in [6.07, 6.45) is 5.33. The lowest BCUT2D eigenvalue weighted by Crippen LogP contribution is -2.22. The lowest BCUT2D eigenvalue weighted by Gasteiger charge is -2.15. The molecule has 0 N–H and O–H groups in total. The average molecular weight is 547 g/mol. The van der Waals surface area contributed by atoms with Crippen molar-refractivity contribution in [1.29, 1.82) is 0 Å². The Kier molecular flexibility index (Phi) is 6.68. The van der Waals surface area contributed by atoms with Crippen molar-refractivity contribution in [3.05, 3.63) is 71.1 Å². The van der Waals surface area contributed by atoms with Gasteiger partial charge in [0.2, 0.25) is 0 Å². The molecule has 0 aliphatic rings. The van der Waals surface area contributed by atoms with Crippen LogP contribution in [0, 0.1) is 6.92 Å². The minimum atomic E-state index is -3.75. The first-order valence-corrected chi connectivity index (χ1v) is 16.7. The van der Waals surface area contributed by atoms with Gasteiger partial charge >= 0.3 is 0 Å². The number of benzene rings is 2. The molecule has 0 radical (unpaired) electrons. The molecule has 4 rings (SSSR count). The van der Waals surface area contributed by atoms with Crippen molar-refractivity contribution < 1.29 is 13.2 Å². The zero-order chi connectivity index (χ0) is 23.8. The van der Waals surface area contributed by atoms with E-state index in [1.807, 2.05) is 43.5 Å². The summed E-state index contributed by atoms with van der Waals surface area (Å²) in [6.45, 7) is 9.98. The largest absolute Gasteiger partial charge is 0.360 e. The highest BCUT2D eigenvalue weighted by molar-refractivity contribution is 9.10. The van der Waals surface area contributed by atoms with E-state index in [0.29, 0.717) is 18.9 Å². The predicted octanol–water partition coefficient (Wildman–Crippen LogP) is 6.13. The van der Waals surface area contributed by atoms with Gasteiger partial charge in [0.05, 0.1) is 16.6 Å². The minimum absolute atomic E-state index is 0.256. The van der Waals surface area contributed by atoms with Crippen LogP contribution >= 0.6 is 15.9 Å². The van der Waals surface area contributed by atoms with E-state index < -0.39 is 18.1 Å². The fraction of sp³-hybridized carbons (Fsp3) is 0.292. The predicted molar refractivity (Wildman–Crippen MR) is 139 cm³/mol. The Balaban J connectivity index is 1.69. The zero-order valence-electron chi connectivity index (χ0n) is 19.2. The molecule has 0 amide bonds. The molecule has 0 bridgehead atoms. The van der Waals surface area contributed by atoms with Crippen molar-refractivity contribution in [2.24, 2.45) is 0 Å². The molecule has 0 aliphatic heterocycles. The Hall–Kier alpha value is -2.20. The molecule has 2 aromatic heterocycles. The van der Waals surface area contributed by atoms with Gasteiger partial charge in [-0.25, -0.2) is 17.1 Å². The summed E-state index contributed by atoms with van der Waals surface area (Å²) < 4.78 is 36.7. The lowest BCUT2D eigenvalue weighted by atomic mass is 10.1. The lowest BCUT2D eigenvalue weighted by molar-refractivity contribution is 0.0786. The van der Waals surface area contributed by atoms with Crippen LogP contribution in [0.5, 0.6) is 0 Å².